The molecule has 0 aliphatic heterocycles. The van der Waals surface area contributed by atoms with E-state index in [0.29, 0.717) is 5.75 Å². The summed E-state index contributed by atoms with van der Waals surface area (Å²) in [6.07, 6.45) is 0. The predicted octanol–water partition coefficient (Wildman–Crippen LogP) is 1.79. The van der Waals surface area contributed by atoms with E-state index < -0.39 is 5.82 Å². The molecule has 4 heteroatoms. The molecule has 0 saturated heterocycles. The van der Waals surface area contributed by atoms with E-state index in [1.165, 1.54) is 26.2 Å². The normalized spacial score (nSPS) is 9.46. The average Bonchev–Trinajstić information content (AvgIpc) is 2.08. The highest BCUT2D eigenvalue weighted by Crippen LogP contribution is 2.26. The molecule has 1 aromatic rings. The van der Waals surface area contributed by atoms with Crippen molar-refractivity contribution >= 4 is 11.6 Å². The van der Waals surface area contributed by atoms with Crippen LogP contribution in [0.1, 0.15) is 6.92 Å². The molecule has 3 nitrogen and oxygen atoms in total. The van der Waals surface area contributed by atoms with Crippen LogP contribution in [-0.4, -0.2) is 13.0 Å². The number of benzene rings is 1. The first-order valence-corrected chi connectivity index (χ1v) is 3.75. The smallest absolute Gasteiger partial charge is 0.221 e. The standard InChI is InChI=1S/C9H10FNO2/c1-6(12)11-9-7(10)4-3-5-8(9)13-2/h3-5H,1-2H3,(H,11,12). The molecule has 0 bridgehead atoms. The van der Waals surface area contributed by atoms with Gasteiger partial charge in [0, 0.05) is 6.92 Å². The molecule has 1 aromatic carbocycles. The van der Waals surface area contributed by atoms with Gasteiger partial charge in [0.05, 0.1) is 7.11 Å². The maximum atomic E-state index is 13.1. The molecule has 0 fully saturated rings. The number of nitrogens with one attached hydrogen (secondary N) is 1. The number of para-hydroxylation sites is 1. The molecule has 0 radical (unpaired) electrons. The average molecular weight is 183 g/mol. The van der Waals surface area contributed by atoms with Gasteiger partial charge in [0.1, 0.15) is 11.4 Å². The highest BCUT2D eigenvalue weighted by Gasteiger charge is 2.09. The van der Waals surface area contributed by atoms with Crippen molar-refractivity contribution in [1.29, 1.82) is 0 Å². The van der Waals surface area contributed by atoms with E-state index >= 15 is 0 Å². The van der Waals surface area contributed by atoms with Gasteiger partial charge in [-0.2, -0.15) is 0 Å². The first-order valence-electron chi connectivity index (χ1n) is 3.75. The zero-order chi connectivity index (χ0) is 9.84. The zero-order valence-electron chi connectivity index (χ0n) is 7.43. The fourth-order valence-corrected chi connectivity index (χ4v) is 0.972. The molecule has 70 valence electrons. The summed E-state index contributed by atoms with van der Waals surface area (Å²) in [7, 11) is 1.42. The van der Waals surface area contributed by atoms with Crippen LogP contribution in [0.4, 0.5) is 10.1 Å². The van der Waals surface area contributed by atoms with E-state index in [9.17, 15) is 9.18 Å². The Hall–Kier alpha value is -1.58. The van der Waals surface area contributed by atoms with Crippen LogP contribution in [0.25, 0.3) is 0 Å². The predicted molar refractivity (Wildman–Crippen MR) is 47.3 cm³/mol. The summed E-state index contributed by atoms with van der Waals surface area (Å²) in [5, 5.41) is 2.35. The van der Waals surface area contributed by atoms with Crippen LogP contribution in [0.15, 0.2) is 18.2 Å². The van der Waals surface area contributed by atoms with Crippen molar-refractivity contribution in [2.45, 2.75) is 6.92 Å². The second-order valence-electron chi connectivity index (χ2n) is 2.50. The summed E-state index contributed by atoms with van der Waals surface area (Å²) in [6, 6.07) is 4.35. The summed E-state index contributed by atoms with van der Waals surface area (Å²) in [5.74, 6) is -0.520. The van der Waals surface area contributed by atoms with Gasteiger partial charge in [-0.15, -0.1) is 0 Å². The molecule has 0 aromatic heterocycles. The highest BCUT2D eigenvalue weighted by atomic mass is 19.1. The van der Waals surface area contributed by atoms with E-state index in [-0.39, 0.29) is 11.6 Å². The van der Waals surface area contributed by atoms with Crippen molar-refractivity contribution in [3.05, 3.63) is 24.0 Å². The molecule has 0 aliphatic rings. The Bertz CT molecular complexity index is 325. The van der Waals surface area contributed by atoms with Gasteiger partial charge in [0.2, 0.25) is 5.91 Å². The van der Waals surface area contributed by atoms with Crippen molar-refractivity contribution in [2.24, 2.45) is 0 Å². The quantitative estimate of drug-likeness (QED) is 0.759. The number of halogens is 1. The molecule has 1 rings (SSSR count). The Morgan fingerprint density at radius 3 is 2.77 bits per heavy atom. The summed E-state index contributed by atoms with van der Waals surface area (Å²) in [5.41, 5.74) is 0.0810. The number of methoxy groups -OCH3 is 1. The molecule has 0 spiro atoms. The number of hydrogen-bond donors (Lipinski definition) is 1. The van der Waals surface area contributed by atoms with E-state index in [1.807, 2.05) is 0 Å². The molecule has 1 amide bonds. The third-order valence-electron chi connectivity index (χ3n) is 1.50. The molecule has 1 N–H and O–H groups in total. The monoisotopic (exact) mass is 183 g/mol. The number of rotatable bonds is 2. The van der Waals surface area contributed by atoms with Crippen LogP contribution in [0.5, 0.6) is 5.75 Å². The van der Waals surface area contributed by atoms with E-state index in [0.717, 1.165) is 0 Å². The van der Waals surface area contributed by atoms with E-state index in [1.54, 1.807) is 6.07 Å². The third-order valence-corrected chi connectivity index (χ3v) is 1.50. The van der Waals surface area contributed by atoms with Crippen LogP contribution in [0, 0.1) is 5.82 Å². The third kappa shape index (κ3) is 2.18. The van der Waals surface area contributed by atoms with Crippen LogP contribution in [0.3, 0.4) is 0 Å². The summed E-state index contributed by atoms with van der Waals surface area (Å²) in [4.78, 5) is 10.7. The second kappa shape index (κ2) is 3.89. The first-order chi connectivity index (χ1) is 6.15. The van der Waals surface area contributed by atoms with Crippen LogP contribution in [0.2, 0.25) is 0 Å². The Morgan fingerprint density at radius 2 is 2.23 bits per heavy atom. The van der Waals surface area contributed by atoms with Crippen molar-refractivity contribution in [3.63, 3.8) is 0 Å². The fourth-order valence-electron chi connectivity index (χ4n) is 0.972. The Labute approximate surface area is 75.5 Å². The minimum atomic E-state index is -0.505. The maximum absolute atomic E-state index is 13.1. The van der Waals surface area contributed by atoms with Crippen LogP contribution >= 0.6 is 0 Å². The summed E-state index contributed by atoms with van der Waals surface area (Å²) < 4.78 is 18.0. The summed E-state index contributed by atoms with van der Waals surface area (Å²) >= 11 is 0. The lowest BCUT2D eigenvalue weighted by molar-refractivity contribution is -0.114. The van der Waals surface area contributed by atoms with E-state index in [2.05, 4.69) is 5.32 Å². The Kier molecular flexibility index (Phi) is 2.84. The van der Waals surface area contributed by atoms with E-state index in [4.69, 9.17) is 4.74 Å². The lowest BCUT2D eigenvalue weighted by atomic mass is 10.3. The van der Waals surface area contributed by atoms with Gasteiger partial charge >= 0.3 is 0 Å². The van der Waals surface area contributed by atoms with Crippen LogP contribution < -0.4 is 10.1 Å². The van der Waals surface area contributed by atoms with Crippen LogP contribution in [-0.2, 0) is 4.79 Å². The van der Waals surface area contributed by atoms with Gasteiger partial charge in [-0.1, -0.05) is 6.07 Å². The molecule has 0 atom stereocenters. The lowest BCUT2D eigenvalue weighted by Crippen LogP contribution is -2.08. The number of anilines is 1. The largest absolute Gasteiger partial charge is 0.494 e. The summed E-state index contributed by atoms with van der Waals surface area (Å²) in [6.45, 7) is 1.31. The SMILES string of the molecule is COc1cccc(F)c1NC(C)=O. The topological polar surface area (TPSA) is 38.3 Å². The Balaban J connectivity index is 3.07. The van der Waals surface area contributed by atoms with Crippen molar-refractivity contribution in [3.8, 4) is 5.75 Å². The van der Waals surface area contributed by atoms with Gasteiger partial charge in [0.15, 0.2) is 5.82 Å². The van der Waals surface area contributed by atoms with Gasteiger partial charge in [0.25, 0.3) is 0 Å². The lowest BCUT2D eigenvalue weighted by Gasteiger charge is -2.08. The minimum absolute atomic E-state index is 0.0810. The van der Waals surface area contributed by atoms with Gasteiger partial charge < -0.3 is 10.1 Å². The van der Waals surface area contributed by atoms with Crippen molar-refractivity contribution in [2.75, 3.05) is 12.4 Å². The number of carbonyl (C=O) groups excluding carboxylic acids is 1. The maximum Gasteiger partial charge on any atom is 0.221 e. The second-order valence-corrected chi connectivity index (χ2v) is 2.50. The van der Waals surface area contributed by atoms with Crippen molar-refractivity contribution in [1.82, 2.24) is 0 Å². The van der Waals surface area contributed by atoms with Crippen molar-refractivity contribution < 1.29 is 13.9 Å². The molecular formula is C9H10FNO2. The molecule has 0 saturated carbocycles. The first kappa shape index (κ1) is 9.51. The van der Waals surface area contributed by atoms with Gasteiger partial charge in [-0.25, -0.2) is 4.39 Å². The minimum Gasteiger partial charge on any atom is -0.494 e. The van der Waals surface area contributed by atoms with Gasteiger partial charge in [-0.3, -0.25) is 4.79 Å². The number of amides is 1. The zero-order valence-corrected chi connectivity index (χ0v) is 7.43. The number of hydrogen-bond acceptors (Lipinski definition) is 2. The molecule has 0 aliphatic carbocycles. The highest BCUT2D eigenvalue weighted by molar-refractivity contribution is 5.90. The Morgan fingerprint density at radius 1 is 1.54 bits per heavy atom. The fraction of sp³-hybridized carbons (Fsp3) is 0.222. The molecule has 0 unspecified atom stereocenters. The number of ether oxygens (including phenoxy) is 1. The molecule has 0 heterocycles. The number of carbonyl (C=O) groups is 1. The molecule has 13 heavy (non-hydrogen) atoms. The molecular weight excluding hydrogens is 173 g/mol. The van der Waals surface area contributed by atoms with Gasteiger partial charge in [-0.05, 0) is 12.1 Å².